The van der Waals surface area contributed by atoms with Gasteiger partial charge in [-0.2, -0.15) is 13.2 Å². The van der Waals surface area contributed by atoms with Crippen LogP contribution >= 0.6 is 12.4 Å². The van der Waals surface area contributed by atoms with Crippen molar-refractivity contribution in [2.24, 2.45) is 0 Å². The van der Waals surface area contributed by atoms with Gasteiger partial charge >= 0.3 is 6.18 Å². The van der Waals surface area contributed by atoms with Gasteiger partial charge in [-0.1, -0.05) is 12.1 Å². The van der Waals surface area contributed by atoms with E-state index in [0.29, 0.717) is 28.1 Å². The molecule has 0 amide bonds. The number of aryl methyl sites for hydroxylation is 1. The molecule has 1 aliphatic carbocycles. The summed E-state index contributed by atoms with van der Waals surface area (Å²) < 4.78 is 41.6. The largest absolute Gasteiger partial charge is 0.416 e. The van der Waals surface area contributed by atoms with Crippen molar-refractivity contribution in [1.82, 2.24) is 14.5 Å². The Bertz CT molecular complexity index is 1200. The van der Waals surface area contributed by atoms with Crippen LogP contribution in [0.3, 0.4) is 0 Å². The van der Waals surface area contributed by atoms with Gasteiger partial charge in [0, 0.05) is 17.8 Å². The summed E-state index contributed by atoms with van der Waals surface area (Å²) in [5.74, 6) is 0.979. The van der Waals surface area contributed by atoms with Crippen LogP contribution in [-0.4, -0.2) is 14.5 Å². The summed E-state index contributed by atoms with van der Waals surface area (Å²) in [6.45, 7) is 7.02. The summed E-state index contributed by atoms with van der Waals surface area (Å²) in [6, 6.07) is 5.25. The fraction of sp³-hybridized carbons (Fsp3) is 0.409. The highest BCUT2D eigenvalue weighted by Gasteiger charge is 2.40. The number of fused-ring (bicyclic) bond motifs is 1. The molecule has 2 aromatic heterocycles. The van der Waals surface area contributed by atoms with Crippen molar-refractivity contribution in [3.05, 3.63) is 63.3 Å². The van der Waals surface area contributed by atoms with Gasteiger partial charge in [0.25, 0.3) is 5.56 Å². The van der Waals surface area contributed by atoms with Gasteiger partial charge in [-0.15, -0.1) is 12.4 Å². The quantitative estimate of drug-likeness (QED) is 0.565. The molecule has 0 radical (unpaired) electrons. The molecule has 1 aromatic carbocycles. The van der Waals surface area contributed by atoms with Crippen molar-refractivity contribution >= 4 is 29.1 Å². The van der Waals surface area contributed by atoms with Crippen LogP contribution in [0.5, 0.6) is 0 Å². The molecule has 0 unspecified atom stereocenters. The van der Waals surface area contributed by atoms with Crippen molar-refractivity contribution < 1.29 is 13.2 Å². The van der Waals surface area contributed by atoms with E-state index in [2.05, 4.69) is 15.3 Å². The van der Waals surface area contributed by atoms with Gasteiger partial charge in [0.1, 0.15) is 11.6 Å². The molecular formula is C22H24ClF3N4O. The number of nitrogens with zero attached hydrogens (tertiary/aromatic N) is 3. The molecule has 0 bridgehead atoms. The lowest BCUT2D eigenvalue weighted by atomic mass is 9.97. The highest BCUT2D eigenvalue weighted by atomic mass is 35.5. The number of rotatable bonds is 4. The zero-order valence-electron chi connectivity index (χ0n) is 17.7. The van der Waals surface area contributed by atoms with Gasteiger partial charge in [-0.25, -0.2) is 9.97 Å². The number of hydrogen-bond donors (Lipinski definition) is 1. The Morgan fingerprint density at radius 2 is 1.87 bits per heavy atom. The van der Waals surface area contributed by atoms with Gasteiger partial charge in [0.2, 0.25) is 0 Å². The Balaban J connectivity index is 0.00000272. The van der Waals surface area contributed by atoms with Gasteiger partial charge in [0.15, 0.2) is 0 Å². The molecular weight excluding hydrogens is 429 g/mol. The zero-order valence-corrected chi connectivity index (χ0v) is 18.5. The molecule has 2 heterocycles. The number of nitrogens with one attached hydrogen (secondary N) is 1. The molecule has 1 fully saturated rings. The Hall–Kier alpha value is -2.61. The molecule has 1 atom stereocenters. The minimum atomic E-state index is -4.41. The molecule has 0 saturated heterocycles. The lowest BCUT2D eigenvalue weighted by molar-refractivity contribution is -0.138. The number of anilines is 1. The fourth-order valence-corrected chi connectivity index (χ4v) is 3.89. The second kappa shape index (κ2) is 7.82. The Morgan fingerprint density at radius 3 is 2.48 bits per heavy atom. The van der Waals surface area contributed by atoms with Gasteiger partial charge in [-0.3, -0.25) is 4.79 Å². The van der Waals surface area contributed by atoms with Crippen LogP contribution in [0.4, 0.5) is 19.0 Å². The number of benzene rings is 1. The van der Waals surface area contributed by atoms with Crippen LogP contribution in [0.1, 0.15) is 55.2 Å². The molecule has 3 aromatic rings. The topological polar surface area (TPSA) is 59.8 Å². The third kappa shape index (κ3) is 4.26. The molecule has 1 N–H and O–H groups in total. The molecule has 166 valence electrons. The van der Waals surface area contributed by atoms with Crippen LogP contribution < -0.4 is 10.9 Å². The van der Waals surface area contributed by atoms with E-state index in [1.807, 2.05) is 6.92 Å². The van der Waals surface area contributed by atoms with Gasteiger partial charge < -0.3 is 9.88 Å². The van der Waals surface area contributed by atoms with E-state index < -0.39 is 17.8 Å². The molecule has 0 aliphatic heterocycles. The average Bonchev–Trinajstić information content (AvgIpc) is 3.38. The molecule has 1 saturated carbocycles. The number of pyridine rings is 1. The van der Waals surface area contributed by atoms with E-state index in [4.69, 9.17) is 0 Å². The normalized spacial score (nSPS) is 16.0. The molecule has 4 rings (SSSR count). The maximum Gasteiger partial charge on any atom is 0.416 e. The van der Waals surface area contributed by atoms with Crippen molar-refractivity contribution in [2.45, 2.75) is 58.3 Å². The van der Waals surface area contributed by atoms with E-state index in [1.54, 1.807) is 30.7 Å². The minimum absolute atomic E-state index is 0. The summed E-state index contributed by atoms with van der Waals surface area (Å²) in [7, 11) is 0. The van der Waals surface area contributed by atoms with E-state index in [0.717, 1.165) is 18.9 Å². The fourth-order valence-electron chi connectivity index (χ4n) is 3.89. The first kappa shape index (κ1) is 23.1. The Morgan fingerprint density at radius 1 is 1.19 bits per heavy atom. The lowest BCUT2D eigenvalue weighted by Gasteiger charge is -2.21. The Kier molecular flexibility index (Phi) is 5.82. The van der Waals surface area contributed by atoms with E-state index in [-0.39, 0.29) is 29.1 Å². The average molecular weight is 453 g/mol. The first-order valence-corrected chi connectivity index (χ1v) is 9.84. The van der Waals surface area contributed by atoms with Crippen LogP contribution in [-0.2, 0) is 11.7 Å². The summed E-state index contributed by atoms with van der Waals surface area (Å²) in [5.41, 5.74) is 0.278. The number of halogens is 4. The van der Waals surface area contributed by atoms with Crippen molar-refractivity contribution in [3.8, 4) is 0 Å². The number of hydrogen-bond acceptors (Lipinski definition) is 4. The summed E-state index contributed by atoms with van der Waals surface area (Å²) in [6.07, 6.45) is -0.798. The summed E-state index contributed by atoms with van der Waals surface area (Å²) in [5, 5.41) is 3.92. The standard InChI is InChI=1S/C22H23F3N4O.ClH/c1-12-15(6-5-7-17(12)22(23,24)25)13(2)26-20-16-11-29(21(4)8-9-21)19(30)10-18(16)27-14(3)28-20;/h5-7,10-11,13H,8-9H2,1-4H3,(H,26,27,28);1H/t13-;/m1./s1. The molecule has 1 aliphatic rings. The van der Waals surface area contributed by atoms with Crippen LogP contribution in [0.2, 0.25) is 0 Å². The van der Waals surface area contributed by atoms with E-state index in [9.17, 15) is 18.0 Å². The maximum absolute atomic E-state index is 13.3. The number of alkyl halides is 3. The molecule has 5 nitrogen and oxygen atoms in total. The third-order valence-electron chi connectivity index (χ3n) is 5.90. The van der Waals surface area contributed by atoms with Crippen molar-refractivity contribution in [2.75, 3.05) is 5.32 Å². The molecule has 31 heavy (non-hydrogen) atoms. The predicted octanol–water partition coefficient (Wildman–Crippen LogP) is 5.53. The highest BCUT2D eigenvalue weighted by molar-refractivity contribution is 5.88. The van der Waals surface area contributed by atoms with Gasteiger partial charge in [-0.05, 0) is 57.7 Å². The lowest BCUT2D eigenvalue weighted by Crippen LogP contribution is -2.27. The van der Waals surface area contributed by atoms with Crippen molar-refractivity contribution in [3.63, 3.8) is 0 Å². The Labute approximate surface area is 184 Å². The maximum atomic E-state index is 13.3. The van der Waals surface area contributed by atoms with Crippen LogP contribution in [0, 0.1) is 13.8 Å². The van der Waals surface area contributed by atoms with E-state index >= 15 is 0 Å². The first-order valence-electron chi connectivity index (χ1n) is 9.84. The highest BCUT2D eigenvalue weighted by Crippen LogP contribution is 2.42. The SMILES string of the molecule is Cc1nc(N[C@H](C)c2cccc(C(F)(F)F)c2C)c2cn(C3(C)CC3)c(=O)cc2n1.Cl. The second-order valence-corrected chi connectivity index (χ2v) is 8.28. The minimum Gasteiger partial charge on any atom is -0.363 e. The molecule has 9 heteroatoms. The van der Waals surface area contributed by atoms with E-state index in [1.165, 1.54) is 19.1 Å². The summed E-state index contributed by atoms with van der Waals surface area (Å²) in [4.78, 5) is 21.4. The predicted molar refractivity (Wildman–Crippen MR) is 117 cm³/mol. The third-order valence-corrected chi connectivity index (χ3v) is 5.90. The van der Waals surface area contributed by atoms with Crippen molar-refractivity contribution in [1.29, 1.82) is 0 Å². The summed E-state index contributed by atoms with van der Waals surface area (Å²) >= 11 is 0. The smallest absolute Gasteiger partial charge is 0.363 e. The first-order chi connectivity index (χ1) is 14.0. The monoisotopic (exact) mass is 452 g/mol. The van der Waals surface area contributed by atoms with Gasteiger partial charge in [0.05, 0.1) is 22.5 Å². The zero-order chi connectivity index (χ0) is 21.8. The number of aromatic nitrogens is 3. The second-order valence-electron chi connectivity index (χ2n) is 8.28. The van der Waals surface area contributed by atoms with Crippen LogP contribution in [0.25, 0.3) is 10.9 Å². The molecule has 0 spiro atoms. The van der Waals surface area contributed by atoms with Crippen LogP contribution in [0.15, 0.2) is 35.3 Å².